The van der Waals surface area contributed by atoms with Gasteiger partial charge in [-0.1, -0.05) is 0 Å². The minimum atomic E-state index is -0.387. The van der Waals surface area contributed by atoms with Crippen molar-refractivity contribution < 1.29 is 17.1 Å². The van der Waals surface area contributed by atoms with Gasteiger partial charge in [0.2, 0.25) is 0 Å². The van der Waals surface area contributed by atoms with Crippen molar-refractivity contribution in [2.75, 3.05) is 0 Å². The third-order valence-corrected chi connectivity index (χ3v) is 5.18. The molecule has 1 aromatic rings. The molecule has 0 bridgehead atoms. The van der Waals surface area contributed by atoms with Crippen LogP contribution in [-0.2, 0) is 17.1 Å². The molecular formula is C9H12Zn. The van der Waals surface area contributed by atoms with Crippen LogP contribution in [0.5, 0.6) is 0 Å². The van der Waals surface area contributed by atoms with Crippen molar-refractivity contribution >= 4 is 4.16 Å². The number of benzene rings is 1. The van der Waals surface area contributed by atoms with E-state index in [-0.39, 0.29) is 17.1 Å². The van der Waals surface area contributed by atoms with Crippen molar-refractivity contribution in [3.05, 3.63) is 30.3 Å². The summed E-state index contributed by atoms with van der Waals surface area (Å²) in [6.45, 7) is 4.65. The zero-order valence-electron chi connectivity index (χ0n) is 6.67. The van der Waals surface area contributed by atoms with Gasteiger partial charge in [-0.05, 0) is 0 Å². The van der Waals surface area contributed by atoms with Crippen molar-refractivity contribution in [2.24, 2.45) is 0 Å². The van der Waals surface area contributed by atoms with Gasteiger partial charge in [0, 0.05) is 0 Å². The van der Waals surface area contributed by atoms with Gasteiger partial charge in [0.25, 0.3) is 0 Å². The van der Waals surface area contributed by atoms with E-state index in [1.807, 2.05) is 0 Å². The first-order valence-corrected chi connectivity index (χ1v) is 7.02. The van der Waals surface area contributed by atoms with Crippen LogP contribution in [0.15, 0.2) is 30.3 Å². The van der Waals surface area contributed by atoms with Crippen LogP contribution in [0.3, 0.4) is 0 Å². The first-order chi connectivity index (χ1) is 4.79. The summed E-state index contributed by atoms with van der Waals surface area (Å²) in [4.78, 5) is 0. The monoisotopic (exact) mass is 184 g/mol. The van der Waals surface area contributed by atoms with E-state index in [2.05, 4.69) is 44.2 Å². The van der Waals surface area contributed by atoms with E-state index in [0.717, 1.165) is 4.51 Å². The van der Waals surface area contributed by atoms with Crippen molar-refractivity contribution in [3.8, 4) is 0 Å². The maximum absolute atomic E-state index is 2.33. The van der Waals surface area contributed by atoms with Crippen LogP contribution >= 0.6 is 0 Å². The molecule has 0 N–H and O–H groups in total. The van der Waals surface area contributed by atoms with Gasteiger partial charge in [-0.25, -0.2) is 0 Å². The molecule has 1 heteroatoms. The minimum absolute atomic E-state index is 0.387. The molecular weight excluding hydrogens is 173 g/mol. The third-order valence-electron chi connectivity index (χ3n) is 1.49. The molecule has 0 saturated heterocycles. The molecule has 50 valence electrons. The Morgan fingerprint density at radius 1 is 1.10 bits per heavy atom. The van der Waals surface area contributed by atoms with Gasteiger partial charge in [-0.2, -0.15) is 0 Å². The second kappa shape index (κ2) is 3.88. The summed E-state index contributed by atoms with van der Waals surface area (Å²) < 4.78 is 2.58. The summed E-state index contributed by atoms with van der Waals surface area (Å²) in [5.41, 5.74) is 0. The SMILES string of the molecule is C[CH](C)[Zn][c]1ccccc1. The van der Waals surface area contributed by atoms with E-state index >= 15 is 0 Å². The molecule has 1 rings (SSSR count). The maximum atomic E-state index is 2.33. The van der Waals surface area contributed by atoms with Crippen LogP contribution in [0, 0.1) is 0 Å². The molecule has 0 unspecified atom stereocenters. The third kappa shape index (κ3) is 2.62. The zero-order valence-corrected chi connectivity index (χ0v) is 9.64. The van der Waals surface area contributed by atoms with Crippen LogP contribution < -0.4 is 4.16 Å². The molecule has 0 fully saturated rings. The number of hydrogen-bond acceptors (Lipinski definition) is 0. The van der Waals surface area contributed by atoms with Gasteiger partial charge in [0.15, 0.2) is 0 Å². The number of rotatable bonds is 2. The topological polar surface area (TPSA) is 0 Å². The van der Waals surface area contributed by atoms with Gasteiger partial charge >= 0.3 is 70.0 Å². The quantitative estimate of drug-likeness (QED) is 0.620. The molecule has 0 aliphatic carbocycles. The van der Waals surface area contributed by atoms with E-state index in [0.29, 0.717) is 0 Å². The van der Waals surface area contributed by atoms with E-state index < -0.39 is 0 Å². The molecule has 10 heavy (non-hydrogen) atoms. The Hall–Kier alpha value is -0.157. The standard InChI is InChI=1S/C6H5.C3H7.Zn/c1-2-4-6-5-3-1;1-3-2;/h1-5H;3H,1-2H3;. The van der Waals surface area contributed by atoms with Crippen molar-refractivity contribution in [1.82, 2.24) is 0 Å². The second-order valence-corrected chi connectivity index (χ2v) is 9.08. The Labute approximate surface area is 70.2 Å². The van der Waals surface area contributed by atoms with Crippen LogP contribution in [0.4, 0.5) is 0 Å². The Bertz CT molecular complexity index is 179. The first-order valence-electron chi connectivity index (χ1n) is 3.83. The fourth-order valence-electron chi connectivity index (χ4n) is 1.09. The predicted molar refractivity (Wildman–Crippen MR) is 41.2 cm³/mol. The Balaban J connectivity index is 2.59. The second-order valence-electron chi connectivity index (χ2n) is 3.08. The van der Waals surface area contributed by atoms with Crippen molar-refractivity contribution in [1.29, 1.82) is 0 Å². The van der Waals surface area contributed by atoms with E-state index in [9.17, 15) is 0 Å². The fraction of sp³-hybridized carbons (Fsp3) is 0.333. The average Bonchev–Trinajstić information content (AvgIpc) is 1.88. The summed E-state index contributed by atoms with van der Waals surface area (Å²) >= 11 is -0.387. The molecule has 1 aromatic carbocycles. The molecule has 0 aliphatic heterocycles. The van der Waals surface area contributed by atoms with E-state index in [4.69, 9.17) is 0 Å². The summed E-state index contributed by atoms with van der Waals surface area (Å²) in [6, 6.07) is 10.9. The summed E-state index contributed by atoms with van der Waals surface area (Å²) in [5, 5.41) is 0. The molecule has 0 aliphatic rings. The van der Waals surface area contributed by atoms with Gasteiger partial charge in [-0.3, -0.25) is 0 Å². The summed E-state index contributed by atoms with van der Waals surface area (Å²) in [5.74, 6) is 0. The molecule has 0 saturated carbocycles. The van der Waals surface area contributed by atoms with Gasteiger partial charge in [-0.15, -0.1) is 0 Å². The van der Waals surface area contributed by atoms with Gasteiger partial charge in [0.1, 0.15) is 0 Å². The summed E-state index contributed by atoms with van der Waals surface area (Å²) in [6.07, 6.45) is 0. The van der Waals surface area contributed by atoms with Gasteiger partial charge < -0.3 is 0 Å². The molecule has 0 heterocycles. The fourth-order valence-corrected chi connectivity index (χ4v) is 4.21. The van der Waals surface area contributed by atoms with Crippen LogP contribution in [-0.4, -0.2) is 0 Å². The van der Waals surface area contributed by atoms with Crippen molar-refractivity contribution in [2.45, 2.75) is 18.4 Å². The molecule has 0 spiro atoms. The average molecular weight is 186 g/mol. The molecule has 0 nitrogen and oxygen atoms in total. The van der Waals surface area contributed by atoms with Crippen molar-refractivity contribution in [3.63, 3.8) is 0 Å². The molecule has 0 radical (unpaired) electrons. The van der Waals surface area contributed by atoms with E-state index in [1.165, 1.54) is 0 Å². The molecule has 0 aromatic heterocycles. The van der Waals surface area contributed by atoms with Crippen LogP contribution in [0.25, 0.3) is 0 Å². The van der Waals surface area contributed by atoms with Gasteiger partial charge in [0.05, 0.1) is 0 Å². The normalized spacial score (nSPS) is 9.50. The number of hydrogen-bond donors (Lipinski definition) is 0. The Kier molecular flexibility index (Phi) is 3.08. The summed E-state index contributed by atoms with van der Waals surface area (Å²) in [7, 11) is 0. The van der Waals surface area contributed by atoms with Crippen LogP contribution in [0.1, 0.15) is 13.8 Å². The predicted octanol–water partition coefficient (Wildman–Crippen LogP) is 2.22. The zero-order chi connectivity index (χ0) is 7.40. The Morgan fingerprint density at radius 2 is 1.70 bits per heavy atom. The van der Waals surface area contributed by atoms with Crippen LogP contribution in [0.2, 0.25) is 4.51 Å². The molecule has 0 atom stereocenters. The Morgan fingerprint density at radius 3 is 2.20 bits per heavy atom. The van der Waals surface area contributed by atoms with E-state index in [1.54, 1.807) is 4.16 Å². The first kappa shape index (κ1) is 7.94. The molecule has 0 amide bonds.